The molecule has 4 rings (SSSR count). The molecule has 2 heterocycles. The molecule has 29 heavy (non-hydrogen) atoms. The summed E-state index contributed by atoms with van der Waals surface area (Å²) in [5.74, 6) is 1.12. The van der Waals surface area contributed by atoms with E-state index in [-0.39, 0.29) is 11.4 Å². The summed E-state index contributed by atoms with van der Waals surface area (Å²) in [6.45, 7) is 6.77. The quantitative estimate of drug-likeness (QED) is 0.742. The summed E-state index contributed by atoms with van der Waals surface area (Å²) in [5, 5.41) is 0. The minimum absolute atomic E-state index is 0.00714. The van der Waals surface area contributed by atoms with Gasteiger partial charge >= 0.3 is 0 Å². The molecule has 1 spiro atoms. The van der Waals surface area contributed by atoms with Crippen LogP contribution in [-0.4, -0.2) is 44.3 Å². The van der Waals surface area contributed by atoms with Gasteiger partial charge in [-0.1, -0.05) is 30.3 Å². The van der Waals surface area contributed by atoms with Crippen LogP contribution in [-0.2, 0) is 22.0 Å². The van der Waals surface area contributed by atoms with Crippen molar-refractivity contribution >= 4 is 9.84 Å². The number of nitrogens with zero attached hydrogens (tertiary/aromatic N) is 1. The molecule has 0 bridgehead atoms. The average Bonchev–Trinajstić information content (AvgIpc) is 2.67. The van der Waals surface area contributed by atoms with E-state index in [1.54, 1.807) is 0 Å². The number of sulfone groups is 1. The first kappa shape index (κ1) is 20.4. The zero-order chi connectivity index (χ0) is 20.6. The Morgan fingerprint density at radius 3 is 2.28 bits per heavy atom. The molecule has 0 unspecified atom stereocenters. The number of rotatable bonds is 4. The number of ether oxygens (including phenoxy) is 1. The fraction of sp³-hybridized carbons (Fsp3) is 0.500. The average molecular weight is 414 g/mol. The van der Waals surface area contributed by atoms with Crippen LogP contribution in [0.15, 0.2) is 42.5 Å². The second kappa shape index (κ2) is 7.77. The first-order valence-corrected chi connectivity index (χ1v) is 12.6. The topological polar surface area (TPSA) is 46.6 Å². The molecule has 2 aromatic carbocycles. The van der Waals surface area contributed by atoms with Gasteiger partial charge in [0.25, 0.3) is 0 Å². The smallest absolute Gasteiger partial charge is 0.151 e. The van der Waals surface area contributed by atoms with Gasteiger partial charge < -0.3 is 9.64 Å². The van der Waals surface area contributed by atoms with Gasteiger partial charge in [0.1, 0.15) is 11.4 Å². The van der Waals surface area contributed by atoms with Gasteiger partial charge in [0.2, 0.25) is 0 Å². The molecule has 1 saturated heterocycles. The Hall–Kier alpha value is -1.85. The summed E-state index contributed by atoms with van der Waals surface area (Å²) in [5.41, 5.74) is 4.37. The predicted octanol–water partition coefficient (Wildman–Crippen LogP) is 4.47. The van der Waals surface area contributed by atoms with Crippen LogP contribution in [0.1, 0.15) is 44.2 Å². The standard InChI is InChI=1S/C24H31NO3S/c1-18(2)25-14-12-24(13-15-25)11-10-22-16-21(8-9-23(22)28-24)20-6-4-19(5-7-20)17-29(3,26)27/h4-9,16,18H,10-15,17H2,1-3H3. The Morgan fingerprint density at radius 2 is 1.66 bits per heavy atom. The Bertz CT molecular complexity index is 972. The molecular formula is C24H31NO3S. The highest BCUT2D eigenvalue weighted by Crippen LogP contribution is 2.41. The zero-order valence-corrected chi connectivity index (χ0v) is 18.5. The van der Waals surface area contributed by atoms with Gasteiger partial charge in [-0.3, -0.25) is 0 Å². The van der Waals surface area contributed by atoms with E-state index in [9.17, 15) is 8.42 Å². The second-order valence-corrected chi connectivity index (χ2v) is 11.1. The van der Waals surface area contributed by atoms with Crippen molar-refractivity contribution in [1.29, 1.82) is 0 Å². The molecule has 156 valence electrons. The lowest BCUT2D eigenvalue weighted by Crippen LogP contribution is -2.51. The highest BCUT2D eigenvalue weighted by molar-refractivity contribution is 7.89. The molecule has 2 aliphatic heterocycles. The summed E-state index contributed by atoms with van der Waals surface area (Å²) in [6, 6.07) is 14.9. The van der Waals surface area contributed by atoms with Crippen LogP contribution in [0.3, 0.4) is 0 Å². The fourth-order valence-electron chi connectivity index (χ4n) is 4.60. The van der Waals surface area contributed by atoms with E-state index in [0.29, 0.717) is 6.04 Å². The molecule has 0 radical (unpaired) electrons. The molecule has 2 aliphatic rings. The molecule has 5 heteroatoms. The third-order valence-corrected chi connectivity index (χ3v) is 7.25. The third kappa shape index (κ3) is 4.67. The lowest BCUT2D eigenvalue weighted by molar-refractivity contribution is -0.0211. The number of fused-ring (bicyclic) bond motifs is 1. The van der Waals surface area contributed by atoms with Crippen molar-refractivity contribution in [3.8, 4) is 16.9 Å². The van der Waals surface area contributed by atoms with Crippen molar-refractivity contribution in [2.24, 2.45) is 0 Å². The number of benzene rings is 2. The summed E-state index contributed by atoms with van der Waals surface area (Å²) < 4.78 is 29.5. The molecule has 1 fully saturated rings. The van der Waals surface area contributed by atoms with Crippen LogP contribution in [0, 0.1) is 0 Å². The van der Waals surface area contributed by atoms with Gasteiger partial charge in [0.15, 0.2) is 9.84 Å². The number of piperidine rings is 1. The molecule has 2 aromatic rings. The molecule has 0 aliphatic carbocycles. The predicted molar refractivity (Wildman–Crippen MR) is 118 cm³/mol. The van der Waals surface area contributed by atoms with E-state index in [0.717, 1.165) is 61.2 Å². The minimum atomic E-state index is -3.01. The van der Waals surface area contributed by atoms with Crippen LogP contribution in [0.4, 0.5) is 0 Å². The van der Waals surface area contributed by atoms with E-state index in [2.05, 4.69) is 36.9 Å². The number of aryl methyl sites for hydroxylation is 1. The lowest BCUT2D eigenvalue weighted by Gasteiger charge is -2.45. The number of hydrogen-bond donors (Lipinski definition) is 0. The fourth-order valence-corrected chi connectivity index (χ4v) is 5.39. The Morgan fingerprint density at radius 1 is 1.00 bits per heavy atom. The van der Waals surface area contributed by atoms with Gasteiger partial charge in [-0.25, -0.2) is 8.42 Å². The van der Waals surface area contributed by atoms with E-state index < -0.39 is 9.84 Å². The Labute approximate surface area is 174 Å². The maximum atomic E-state index is 11.5. The van der Waals surface area contributed by atoms with Crippen molar-refractivity contribution in [1.82, 2.24) is 4.90 Å². The van der Waals surface area contributed by atoms with E-state index in [1.807, 2.05) is 24.3 Å². The molecule has 0 saturated carbocycles. The Kier molecular flexibility index (Phi) is 5.47. The van der Waals surface area contributed by atoms with Crippen LogP contribution < -0.4 is 4.74 Å². The largest absolute Gasteiger partial charge is 0.487 e. The zero-order valence-electron chi connectivity index (χ0n) is 17.6. The van der Waals surface area contributed by atoms with Gasteiger partial charge in [-0.15, -0.1) is 0 Å². The van der Waals surface area contributed by atoms with Crippen molar-refractivity contribution in [3.05, 3.63) is 53.6 Å². The van der Waals surface area contributed by atoms with Gasteiger partial charge in [0.05, 0.1) is 5.75 Å². The minimum Gasteiger partial charge on any atom is -0.487 e. The van der Waals surface area contributed by atoms with Gasteiger partial charge in [0, 0.05) is 25.4 Å². The van der Waals surface area contributed by atoms with Crippen LogP contribution in [0.5, 0.6) is 5.75 Å². The van der Waals surface area contributed by atoms with Crippen molar-refractivity contribution in [2.75, 3.05) is 19.3 Å². The first-order valence-electron chi connectivity index (χ1n) is 10.6. The summed E-state index contributed by atoms with van der Waals surface area (Å²) in [7, 11) is -3.01. The van der Waals surface area contributed by atoms with E-state index in [1.165, 1.54) is 11.8 Å². The van der Waals surface area contributed by atoms with Crippen molar-refractivity contribution in [3.63, 3.8) is 0 Å². The molecule has 0 N–H and O–H groups in total. The van der Waals surface area contributed by atoms with E-state index >= 15 is 0 Å². The first-order chi connectivity index (χ1) is 13.7. The number of likely N-dealkylation sites (tertiary alicyclic amines) is 1. The highest BCUT2D eigenvalue weighted by atomic mass is 32.2. The monoisotopic (exact) mass is 413 g/mol. The van der Waals surface area contributed by atoms with Crippen molar-refractivity contribution in [2.45, 2.75) is 56.9 Å². The maximum Gasteiger partial charge on any atom is 0.151 e. The van der Waals surface area contributed by atoms with Crippen LogP contribution >= 0.6 is 0 Å². The summed E-state index contributed by atoms with van der Waals surface area (Å²) >= 11 is 0. The normalized spacial score (nSPS) is 19.2. The lowest BCUT2D eigenvalue weighted by atomic mass is 9.82. The summed E-state index contributed by atoms with van der Waals surface area (Å²) in [6.07, 6.45) is 5.62. The molecule has 0 atom stereocenters. The third-order valence-electron chi connectivity index (χ3n) is 6.39. The SMILES string of the molecule is CC(C)N1CCC2(CCc3cc(-c4ccc(CS(C)(=O)=O)cc4)ccc3O2)CC1. The molecule has 4 nitrogen and oxygen atoms in total. The van der Waals surface area contributed by atoms with Crippen LogP contribution in [0.2, 0.25) is 0 Å². The molecule has 0 aromatic heterocycles. The van der Waals surface area contributed by atoms with E-state index in [4.69, 9.17) is 4.74 Å². The van der Waals surface area contributed by atoms with Crippen molar-refractivity contribution < 1.29 is 13.2 Å². The maximum absolute atomic E-state index is 11.5. The molecule has 0 amide bonds. The second-order valence-electron chi connectivity index (χ2n) is 9.00. The Balaban J connectivity index is 1.48. The number of hydrogen-bond acceptors (Lipinski definition) is 4. The van der Waals surface area contributed by atoms with Gasteiger partial charge in [-0.05, 0) is 73.9 Å². The van der Waals surface area contributed by atoms with Crippen LogP contribution in [0.25, 0.3) is 11.1 Å². The molecular weight excluding hydrogens is 382 g/mol. The highest BCUT2D eigenvalue weighted by Gasteiger charge is 2.39. The summed E-state index contributed by atoms with van der Waals surface area (Å²) in [4.78, 5) is 2.54. The van der Waals surface area contributed by atoms with Gasteiger partial charge in [-0.2, -0.15) is 0 Å².